The third kappa shape index (κ3) is 4.73. The summed E-state index contributed by atoms with van der Waals surface area (Å²) in [5.41, 5.74) is 1.31. The summed E-state index contributed by atoms with van der Waals surface area (Å²) in [6.45, 7) is 1.81. The zero-order valence-electron chi connectivity index (χ0n) is 11.2. The summed E-state index contributed by atoms with van der Waals surface area (Å²) >= 11 is 0. The normalized spacial score (nSPS) is 10.4. The van der Waals surface area contributed by atoms with Crippen molar-refractivity contribution in [2.24, 2.45) is 0 Å². The third-order valence-corrected chi connectivity index (χ3v) is 2.79. The number of hydrogen-bond donors (Lipinski definition) is 2. The van der Waals surface area contributed by atoms with Crippen LogP contribution in [-0.4, -0.2) is 20.3 Å². The van der Waals surface area contributed by atoms with Gasteiger partial charge >= 0.3 is 0 Å². The van der Waals surface area contributed by atoms with Crippen LogP contribution in [0.5, 0.6) is 11.5 Å². The first-order valence-electron chi connectivity index (χ1n) is 6.55. The third-order valence-electron chi connectivity index (χ3n) is 2.79. The summed E-state index contributed by atoms with van der Waals surface area (Å²) in [4.78, 5) is 0. The molecule has 0 heterocycles. The maximum absolute atomic E-state index is 5.75. The SMILES string of the molecule is CNCNCCc1ccc(Oc2ccccc2)cc1. The van der Waals surface area contributed by atoms with Crippen molar-refractivity contribution in [3.05, 3.63) is 60.2 Å². The molecular weight excluding hydrogens is 236 g/mol. The van der Waals surface area contributed by atoms with E-state index in [1.54, 1.807) is 0 Å². The summed E-state index contributed by atoms with van der Waals surface area (Å²) in [6, 6.07) is 18.1. The van der Waals surface area contributed by atoms with Crippen LogP contribution < -0.4 is 15.4 Å². The van der Waals surface area contributed by atoms with Gasteiger partial charge in [0.2, 0.25) is 0 Å². The molecule has 0 fully saturated rings. The highest BCUT2D eigenvalue weighted by Crippen LogP contribution is 2.21. The maximum atomic E-state index is 5.75. The first-order valence-corrected chi connectivity index (χ1v) is 6.55. The van der Waals surface area contributed by atoms with Crippen molar-refractivity contribution < 1.29 is 4.74 Å². The van der Waals surface area contributed by atoms with Gasteiger partial charge in [0.05, 0.1) is 0 Å². The molecular formula is C16H20N2O. The molecule has 0 bridgehead atoms. The number of rotatable bonds is 7. The lowest BCUT2D eigenvalue weighted by Gasteiger charge is -2.07. The summed E-state index contributed by atoms with van der Waals surface area (Å²) in [5, 5.41) is 6.35. The van der Waals surface area contributed by atoms with E-state index in [0.29, 0.717) is 0 Å². The largest absolute Gasteiger partial charge is 0.457 e. The van der Waals surface area contributed by atoms with Crippen molar-refractivity contribution in [2.75, 3.05) is 20.3 Å². The molecule has 0 saturated heterocycles. The Labute approximate surface area is 114 Å². The summed E-state index contributed by atoms with van der Waals surface area (Å²) in [5.74, 6) is 1.74. The molecule has 19 heavy (non-hydrogen) atoms. The molecule has 3 nitrogen and oxygen atoms in total. The highest BCUT2D eigenvalue weighted by molar-refractivity contribution is 5.32. The molecule has 2 rings (SSSR count). The van der Waals surface area contributed by atoms with Gasteiger partial charge in [-0.25, -0.2) is 0 Å². The standard InChI is InChI=1S/C16H20N2O/c1-17-13-18-12-11-14-7-9-16(10-8-14)19-15-5-3-2-4-6-15/h2-10,17-18H,11-13H2,1H3. The molecule has 0 amide bonds. The summed E-state index contributed by atoms with van der Waals surface area (Å²) in [7, 11) is 1.93. The van der Waals surface area contributed by atoms with E-state index in [1.807, 2.05) is 49.5 Å². The highest BCUT2D eigenvalue weighted by atomic mass is 16.5. The smallest absolute Gasteiger partial charge is 0.127 e. The fourth-order valence-corrected chi connectivity index (χ4v) is 1.79. The van der Waals surface area contributed by atoms with E-state index in [2.05, 4.69) is 22.8 Å². The van der Waals surface area contributed by atoms with Crippen LogP contribution in [0.3, 0.4) is 0 Å². The maximum Gasteiger partial charge on any atom is 0.127 e. The first-order chi connectivity index (χ1) is 9.38. The number of hydrogen-bond acceptors (Lipinski definition) is 3. The lowest BCUT2D eigenvalue weighted by molar-refractivity contribution is 0.482. The number of ether oxygens (including phenoxy) is 1. The average molecular weight is 256 g/mol. The Morgan fingerprint density at radius 2 is 1.58 bits per heavy atom. The van der Waals surface area contributed by atoms with E-state index in [4.69, 9.17) is 4.74 Å². The van der Waals surface area contributed by atoms with Gasteiger partial charge in [-0.3, -0.25) is 0 Å². The number of para-hydroxylation sites is 1. The van der Waals surface area contributed by atoms with Crippen molar-refractivity contribution in [2.45, 2.75) is 6.42 Å². The predicted molar refractivity (Wildman–Crippen MR) is 78.6 cm³/mol. The van der Waals surface area contributed by atoms with E-state index < -0.39 is 0 Å². The van der Waals surface area contributed by atoms with Gasteiger partial charge in [-0.05, 0) is 43.3 Å². The molecule has 100 valence electrons. The lowest BCUT2D eigenvalue weighted by atomic mass is 10.1. The van der Waals surface area contributed by atoms with Gasteiger partial charge in [-0.15, -0.1) is 0 Å². The Morgan fingerprint density at radius 1 is 0.895 bits per heavy atom. The van der Waals surface area contributed by atoms with Crippen LogP contribution in [0.2, 0.25) is 0 Å². The Kier molecular flexibility index (Phi) is 5.41. The van der Waals surface area contributed by atoms with E-state index in [1.165, 1.54) is 5.56 Å². The second-order valence-corrected chi connectivity index (χ2v) is 4.34. The van der Waals surface area contributed by atoms with Crippen LogP contribution in [0.4, 0.5) is 0 Å². The zero-order chi connectivity index (χ0) is 13.3. The molecule has 0 saturated carbocycles. The minimum Gasteiger partial charge on any atom is -0.457 e. The van der Waals surface area contributed by atoms with E-state index in [-0.39, 0.29) is 0 Å². The molecule has 0 aliphatic heterocycles. The molecule has 0 aromatic heterocycles. The molecule has 0 unspecified atom stereocenters. The fraction of sp³-hybridized carbons (Fsp3) is 0.250. The highest BCUT2D eigenvalue weighted by Gasteiger charge is 1.97. The number of nitrogens with one attached hydrogen (secondary N) is 2. The van der Waals surface area contributed by atoms with Gasteiger partial charge in [0.15, 0.2) is 0 Å². The summed E-state index contributed by atoms with van der Waals surface area (Å²) < 4.78 is 5.75. The second-order valence-electron chi connectivity index (χ2n) is 4.34. The van der Waals surface area contributed by atoms with Crippen LogP contribution in [0.1, 0.15) is 5.56 Å². The van der Waals surface area contributed by atoms with Crippen molar-refractivity contribution in [3.63, 3.8) is 0 Å². The molecule has 0 aliphatic carbocycles. The monoisotopic (exact) mass is 256 g/mol. The average Bonchev–Trinajstić information content (AvgIpc) is 2.46. The van der Waals surface area contributed by atoms with Gasteiger partial charge in [0, 0.05) is 13.2 Å². The van der Waals surface area contributed by atoms with Crippen LogP contribution in [0, 0.1) is 0 Å². The van der Waals surface area contributed by atoms with Crippen LogP contribution >= 0.6 is 0 Å². The van der Waals surface area contributed by atoms with Crippen molar-refractivity contribution in [3.8, 4) is 11.5 Å². The van der Waals surface area contributed by atoms with Crippen LogP contribution in [0.15, 0.2) is 54.6 Å². The molecule has 0 radical (unpaired) electrons. The molecule has 3 heteroatoms. The quantitative estimate of drug-likeness (QED) is 0.590. The van der Waals surface area contributed by atoms with Gasteiger partial charge < -0.3 is 15.4 Å². The number of benzene rings is 2. The van der Waals surface area contributed by atoms with Crippen molar-refractivity contribution in [1.29, 1.82) is 0 Å². The zero-order valence-corrected chi connectivity index (χ0v) is 11.2. The van der Waals surface area contributed by atoms with Crippen LogP contribution in [0.25, 0.3) is 0 Å². The topological polar surface area (TPSA) is 33.3 Å². The first kappa shape index (κ1) is 13.6. The second kappa shape index (κ2) is 7.56. The minimum atomic E-state index is 0.842. The molecule has 0 atom stereocenters. The Bertz CT molecular complexity index is 468. The Balaban J connectivity index is 1.84. The molecule has 0 aliphatic rings. The summed E-state index contributed by atoms with van der Waals surface area (Å²) in [6.07, 6.45) is 1.02. The molecule has 0 spiro atoms. The lowest BCUT2D eigenvalue weighted by Crippen LogP contribution is -2.27. The Morgan fingerprint density at radius 3 is 2.26 bits per heavy atom. The van der Waals surface area contributed by atoms with E-state index in [9.17, 15) is 0 Å². The molecule has 2 aromatic rings. The van der Waals surface area contributed by atoms with E-state index >= 15 is 0 Å². The van der Waals surface area contributed by atoms with E-state index in [0.717, 1.165) is 31.1 Å². The Hall–Kier alpha value is -1.84. The van der Waals surface area contributed by atoms with Crippen molar-refractivity contribution in [1.82, 2.24) is 10.6 Å². The van der Waals surface area contributed by atoms with Crippen molar-refractivity contribution >= 4 is 0 Å². The van der Waals surface area contributed by atoms with Crippen LogP contribution in [-0.2, 0) is 6.42 Å². The van der Waals surface area contributed by atoms with Gasteiger partial charge in [0.1, 0.15) is 11.5 Å². The molecule has 2 N–H and O–H groups in total. The minimum absolute atomic E-state index is 0.842. The van der Waals surface area contributed by atoms with Gasteiger partial charge in [0.25, 0.3) is 0 Å². The van der Waals surface area contributed by atoms with Gasteiger partial charge in [-0.2, -0.15) is 0 Å². The predicted octanol–water partition coefficient (Wildman–Crippen LogP) is 2.79. The van der Waals surface area contributed by atoms with Gasteiger partial charge in [-0.1, -0.05) is 30.3 Å². The fourth-order valence-electron chi connectivity index (χ4n) is 1.79. The molecule has 2 aromatic carbocycles.